The highest BCUT2D eigenvalue weighted by Gasteiger charge is 2.03. The lowest BCUT2D eigenvalue weighted by Gasteiger charge is -2.02. The van der Waals surface area contributed by atoms with Crippen LogP contribution < -0.4 is 10.2 Å². The highest BCUT2D eigenvalue weighted by Crippen LogP contribution is 2.11. The van der Waals surface area contributed by atoms with Gasteiger partial charge in [-0.25, -0.2) is 5.43 Å². The lowest BCUT2D eigenvalue weighted by atomic mass is 10.2. The van der Waals surface area contributed by atoms with Gasteiger partial charge in [0.1, 0.15) is 5.75 Å². The third-order valence-corrected chi connectivity index (χ3v) is 2.89. The fraction of sp³-hybridized carbons (Fsp3) is 0.125. The number of hydrogen-bond acceptors (Lipinski definition) is 3. The Morgan fingerprint density at radius 1 is 1.29 bits per heavy atom. The van der Waals surface area contributed by atoms with Gasteiger partial charge >= 0.3 is 0 Å². The maximum atomic E-state index is 11.8. The molecule has 0 aliphatic rings. The van der Waals surface area contributed by atoms with E-state index in [-0.39, 0.29) is 5.91 Å². The predicted molar refractivity (Wildman–Crippen MR) is 84.1 cm³/mol. The summed E-state index contributed by atoms with van der Waals surface area (Å²) in [6.45, 7) is 2.56. The van der Waals surface area contributed by atoms with E-state index in [9.17, 15) is 4.79 Å². The first-order chi connectivity index (χ1) is 10.2. The third-order valence-electron chi connectivity index (χ3n) is 2.66. The normalized spacial score (nSPS) is 10.6. The van der Waals surface area contributed by atoms with Gasteiger partial charge in [0.15, 0.2) is 0 Å². The zero-order valence-corrected chi connectivity index (χ0v) is 12.3. The number of amides is 1. The number of nitrogens with one attached hydrogen (secondary N) is 1. The minimum Gasteiger partial charge on any atom is -0.494 e. The molecule has 0 saturated carbocycles. The van der Waals surface area contributed by atoms with Crippen molar-refractivity contribution in [2.45, 2.75) is 6.92 Å². The third kappa shape index (κ3) is 4.61. The molecule has 0 radical (unpaired) electrons. The topological polar surface area (TPSA) is 50.7 Å². The molecule has 21 heavy (non-hydrogen) atoms. The van der Waals surface area contributed by atoms with Gasteiger partial charge in [-0.15, -0.1) is 0 Å². The van der Waals surface area contributed by atoms with Crippen LogP contribution in [0.5, 0.6) is 5.75 Å². The Morgan fingerprint density at radius 2 is 2.05 bits per heavy atom. The Kier molecular flexibility index (Phi) is 5.35. The molecule has 2 rings (SSSR count). The van der Waals surface area contributed by atoms with Crippen LogP contribution in [-0.4, -0.2) is 18.7 Å². The van der Waals surface area contributed by atoms with Gasteiger partial charge in [0, 0.05) is 10.6 Å². The number of benzene rings is 2. The lowest BCUT2D eigenvalue weighted by Crippen LogP contribution is -2.17. The molecule has 0 unspecified atom stereocenters. The zero-order valence-electron chi connectivity index (χ0n) is 11.5. The molecule has 1 N–H and O–H groups in total. The molecule has 0 bridgehead atoms. The SMILES string of the molecule is CCOc1ccc(/C=N\NC(=O)c2cccc(Cl)c2)cc1. The second-order valence-electron chi connectivity index (χ2n) is 4.21. The molecular weight excluding hydrogens is 288 g/mol. The molecule has 0 saturated heterocycles. The minimum atomic E-state index is -0.306. The lowest BCUT2D eigenvalue weighted by molar-refractivity contribution is 0.0955. The number of halogens is 1. The summed E-state index contributed by atoms with van der Waals surface area (Å²) >= 11 is 5.83. The molecule has 2 aromatic carbocycles. The van der Waals surface area contributed by atoms with E-state index in [0.29, 0.717) is 17.2 Å². The number of nitrogens with zero attached hydrogens (tertiary/aromatic N) is 1. The summed E-state index contributed by atoms with van der Waals surface area (Å²) in [5.74, 6) is 0.497. The van der Waals surface area contributed by atoms with Crippen LogP contribution in [0.4, 0.5) is 0 Å². The van der Waals surface area contributed by atoms with Gasteiger partial charge in [-0.1, -0.05) is 17.7 Å². The van der Waals surface area contributed by atoms with E-state index < -0.39 is 0 Å². The number of hydrogen-bond donors (Lipinski definition) is 1. The van der Waals surface area contributed by atoms with Gasteiger partial charge < -0.3 is 4.74 Å². The zero-order chi connectivity index (χ0) is 15.1. The fourth-order valence-electron chi connectivity index (χ4n) is 1.68. The Bertz CT molecular complexity index is 639. The molecule has 0 aliphatic carbocycles. The second kappa shape index (κ2) is 7.45. The Labute approximate surface area is 128 Å². The number of hydrazone groups is 1. The largest absolute Gasteiger partial charge is 0.494 e. The molecule has 2 aromatic rings. The predicted octanol–water partition coefficient (Wildman–Crippen LogP) is 3.50. The van der Waals surface area contributed by atoms with Gasteiger partial charge in [-0.2, -0.15) is 5.10 Å². The van der Waals surface area contributed by atoms with Crippen molar-refractivity contribution in [2.75, 3.05) is 6.61 Å². The van der Waals surface area contributed by atoms with Crippen LogP contribution in [0.2, 0.25) is 5.02 Å². The van der Waals surface area contributed by atoms with Gasteiger partial charge in [-0.05, 0) is 55.0 Å². The van der Waals surface area contributed by atoms with E-state index in [2.05, 4.69) is 10.5 Å². The van der Waals surface area contributed by atoms with Crippen LogP contribution in [0.15, 0.2) is 53.6 Å². The Morgan fingerprint density at radius 3 is 2.71 bits per heavy atom. The molecule has 0 aliphatic heterocycles. The Balaban J connectivity index is 1.94. The summed E-state index contributed by atoms with van der Waals surface area (Å²) in [6.07, 6.45) is 1.57. The van der Waals surface area contributed by atoms with Crippen molar-refractivity contribution < 1.29 is 9.53 Å². The molecule has 0 atom stereocenters. The molecule has 108 valence electrons. The second-order valence-corrected chi connectivity index (χ2v) is 4.65. The van der Waals surface area contributed by atoms with Crippen molar-refractivity contribution in [3.05, 3.63) is 64.7 Å². The van der Waals surface area contributed by atoms with Crippen LogP contribution in [0.25, 0.3) is 0 Å². The highest BCUT2D eigenvalue weighted by molar-refractivity contribution is 6.30. The van der Waals surface area contributed by atoms with Crippen molar-refractivity contribution in [2.24, 2.45) is 5.10 Å². The molecule has 0 spiro atoms. The van der Waals surface area contributed by atoms with Crippen LogP contribution in [0.3, 0.4) is 0 Å². The number of carbonyl (C=O) groups excluding carboxylic acids is 1. The quantitative estimate of drug-likeness (QED) is 0.679. The van der Waals surface area contributed by atoms with Crippen molar-refractivity contribution in [3.63, 3.8) is 0 Å². The summed E-state index contributed by atoms with van der Waals surface area (Å²) in [6, 6.07) is 14.1. The minimum absolute atomic E-state index is 0.306. The first-order valence-electron chi connectivity index (χ1n) is 6.51. The van der Waals surface area contributed by atoms with E-state index in [4.69, 9.17) is 16.3 Å². The summed E-state index contributed by atoms with van der Waals surface area (Å²) in [4.78, 5) is 11.8. The average molecular weight is 303 g/mol. The maximum absolute atomic E-state index is 11.8. The van der Waals surface area contributed by atoms with E-state index >= 15 is 0 Å². The van der Waals surface area contributed by atoms with Gasteiger partial charge in [0.2, 0.25) is 0 Å². The molecule has 4 nitrogen and oxygen atoms in total. The van der Waals surface area contributed by atoms with Crippen molar-refractivity contribution in [1.29, 1.82) is 0 Å². The van der Waals surface area contributed by atoms with Gasteiger partial charge in [0.25, 0.3) is 5.91 Å². The maximum Gasteiger partial charge on any atom is 0.271 e. The highest BCUT2D eigenvalue weighted by atomic mass is 35.5. The standard InChI is InChI=1S/C16H15ClN2O2/c1-2-21-15-8-6-12(7-9-15)11-18-19-16(20)13-4-3-5-14(17)10-13/h3-11H,2H2,1H3,(H,19,20)/b18-11-. The Hall–Kier alpha value is -2.33. The molecule has 0 aromatic heterocycles. The van der Waals surface area contributed by atoms with Crippen LogP contribution in [0, 0.1) is 0 Å². The fourth-order valence-corrected chi connectivity index (χ4v) is 1.87. The van der Waals surface area contributed by atoms with Crippen LogP contribution in [-0.2, 0) is 0 Å². The molecule has 0 heterocycles. The molecule has 1 amide bonds. The van der Waals surface area contributed by atoms with Crippen LogP contribution >= 0.6 is 11.6 Å². The first-order valence-corrected chi connectivity index (χ1v) is 6.88. The van der Waals surface area contributed by atoms with Crippen molar-refractivity contribution >= 4 is 23.7 Å². The molecular formula is C16H15ClN2O2. The van der Waals surface area contributed by atoms with E-state index in [1.54, 1.807) is 30.5 Å². The molecule has 0 fully saturated rings. The van der Waals surface area contributed by atoms with Gasteiger partial charge in [-0.3, -0.25) is 4.79 Å². The number of carbonyl (C=O) groups is 1. The molecule has 5 heteroatoms. The monoisotopic (exact) mass is 302 g/mol. The summed E-state index contributed by atoms with van der Waals surface area (Å²) in [5.41, 5.74) is 3.78. The summed E-state index contributed by atoms with van der Waals surface area (Å²) in [5, 5.41) is 4.43. The van der Waals surface area contributed by atoms with E-state index in [1.165, 1.54) is 0 Å². The van der Waals surface area contributed by atoms with Gasteiger partial charge in [0.05, 0.1) is 12.8 Å². The average Bonchev–Trinajstić information content (AvgIpc) is 2.49. The van der Waals surface area contributed by atoms with Crippen LogP contribution in [0.1, 0.15) is 22.8 Å². The summed E-state index contributed by atoms with van der Waals surface area (Å²) < 4.78 is 5.35. The van der Waals surface area contributed by atoms with Crippen molar-refractivity contribution in [1.82, 2.24) is 5.43 Å². The van der Waals surface area contributed by atoms with E-state index in [0.717, 1.165) is 11.3 Å². The summed E-state index contributed by atoms with van der Waals surface area (Å²) in [7, 11) is 0. The van der Waals surface area contributed by atoms with E-state index in [1.807, 2.05) is 31.2 Å². The smallest absolute Gasteiger partial charge is 0.271 e. The van der Waals surface area contributed by atoms with Crippen molar-refractivity contribution in [3.8, 4) is 5.75 Å². The number of rotatable bonds is 5. The first kappa shape index (κ1) is 15.1. The number of ether oxygens (including phenoxy) is 1.